The maximum atomic E-state index is 5.94. The number of nitrogen functional groups attached to an aromatic ring is 1. The van der Waals surface area contributed by atoms with Crippen molar-refractivity contribution in [2.45, 2.75) is 20.3 Å². The Morgan fingerprint density at radius 1 is 1.17 bits per heavy atom. The van der Waals surface area contributed by atoms with E-state index in [1.165, 1.54) is 0 Å². The first-order chi connectivity index (χ1) is 11.6. The number of ether oxygens (including phenoxy) is 1. The summed E-state index contributed by atoms with van der Waals surface area (Å²) in [7, 11) is 0. The lowest BCUT2D eigenvalue weighted by molar-refractivity contribution is 0.271. The lowest BCUT2D eigenvalue weighted by Gasteiger charge is -2.09. The maximum absolute atomic E-state index is 5.94. The number of hydrogen-bond acceptors (Lipinski definition) is 5. The van der Waals surface area contributed by atoms with Crippen LogP contribution in [0.4, 0.5) is 5.82 Å². The van der Waals surface area contributed by atoms with Gasteiger partial charge in [0.25, 0.3) is 0 Å². The SMILES string of the molecule is CC(C)COc1ccc(Cc2[nH]nnc2-c2cccnc2N)cc1. The third-order valence-electron chi connectivity index (χ3n) is 3.60. The Balaban J connectivity index is 1.76. The van der Waals surface area contributed by atoms with E-state index in [1.807, 2.05) is 36.4 Å². The van der Waals surface area contributed by atoms with Gasteiger partial charge in [0.15, 0.2) is 0 Å². The molecule has 0 saturated heterocycles. The summed E-state index contributed by atoms with van der Waals surface area (Å²) in [6.07, 6.45) is 2.34. The molecule has 0 aliphatic rings. The van der Waals surface area contributed by atoms with Crippen LogP contribution in [0.1, 0.15) is 25.1 Å². The van der Waals surface area contributed by atoms with Crippen LogP contribution in [-0.2, 0) is 6.42 Å². The normalized spacial score (nSPS) is 11.0. The molecule has 6 heteroatoms. The molecule has 24 heavy (non-hydrogen) atoms. The molecule has 3 N–H and O–H groups in total. The first-order valence-corrected chi connectivity index (χ1v) is 7.96. The highest BCUT2D eigenvalue weighted by Crippen LogP contribution is 2.25. The second kappa shape index (κ2) is 7.12. The number of aromatic amines is 1. The Labute approximate surface area is 141 Å². The highest BCUT2D eigenvalue weighted by atomic mass is 16.5. The average molecular weight is 323 g/mol. The van der Waals surface area contributed by atoms with Gasteiger partial charge >= 0.3 is 0 Å². The zero-order valence-corrected chi connectivity index (χ0v) is 13.9. The highest BCUT2D eigenvalue weighted by molar-refractivity contribution is 5.72. The number of nitrogens with zero attached hydrogens (tertiary/aromatic N) is 3. The first kappa shape index (κ1) is 16.0. The van der Waals surface area contributed by atoms with Gasteiger partial charge in [-0.3, -0.25) is 5.10 Å². The van der Waals surface area contributed by atoms with Crippen molar-refractivity contribution >= 4 is 5.82 Å². The van der Waals surface area contributed by atoms with Gasteiger partial charge in [0.1, 0.15) is 17.3 Å². The van der Waals surface area contributed by atoms with Gasteiger partial charge in [-0.05, 0) is 35.7 Å². The van der Waals surface area contributed by atoms with Gasteiger partial charge < -0.3 is 10.5 Å². The number of benzene rings is 1. The topological polar surface area (TPSA) is 89.7 Å². The van der Waals surface area contributed by atoms with E-state index < -0.39 is 0 Å². The largest absolute Gasteiger partial charge is 0.493 e. The van der Waals surface area contributed by atoms with E-state index in [-0.39, 0.29) is 0 Å². The minimum atomic E-state index is 0.449. The minimum Gasteiger partial charge on any atom is -0.493 e. The molecule has 0 spiro atoms. The van der Waals surface area contributed by atoms with Gasteiger partial charge in [0.2, 0.25) is 0 Å². The fourth-order valence-electron chi connectivity index (χ4n) is 2.38. The summed E-state index contributed by atoms with van der Waals surface area (Å²) in [5, 5.41) is 11.0. The predicted molar refractivity (Wildman–Crippen MR) is 93.6 cm³/mol. The van der Waals surface area contributed by atoms with Gasteiger partial charge in [0, 0.05) is 18.2 Å². The number of nitrogens with one attached hydrogen (secondary N) is 1. The molecule has 0 fully saturated rings. The van der Waals surface area contributed by atoms with Crippen molar-refractivity contribution < 1.29 is 4.74 Å². The van der Waals surface area contributed by atoms with Gasteiger partial charge in [-0.1, -0.05) is 31.2 Å². The summed E-state index contributed by atoms with van der Waals surface area (Å²) in [4.78, 5) is 4.11. The van der Waals surface area contributed by atoms with E-state index in [9.17, 15) is 0 Å². The molecule has 3 rings (SSSR count). The van der Waals surface area contributed by atoms with Crippen LogP contribution in [0.25, 0.3) is 11.3 Å². The fourth-order valence-corrected chi connectivity index (χ4v) is 2.38. The van der Waals surface area contributed by atoms with Gasteiger partial charge in [-0.2, -0.15) is 0 Å². The zero-order valence-electron chi connectivity index (χ0n) is 13.9. The van der Waals surface area contributed by atoms with Crippen LogP contribution in [0.3, 0.4) is 0 Å². The van der Waals surface area contributed by atoms with Crippen LogP contribution < -0.4 is 10.5 Å². The van der Waals surface area contributed by atoms with Crippen molar-refractivity contribution in [3.8, 4) is 17.0 Å². The molecule has 0 aliphatic carbocycles. The number of pyridine rings is 1. The number of nitrogens with two attached hydrogens (primary N) is 1. The van der Waals surface area contributed by atoms with Crippen molar-refractivity contribution in [3.05, 3.63) is 53.9 Å². The predicted octanol–water partition coefficient (Wildman–Crippen LogP) is 3.07. The molecule has 2 heterocycles. The van der Waals surface area contributed by atoms with Crippen LogP contribution in [0.2, 0.25) is 0 Å². The summed E-state index contributed by atoms with van der Waals surface area (Å²) in [6, 6.07) is 11.8. The molecular weight excluding hydrogens is 302 g/mol. The molecule has 0 aliphatic heterocycles. The van der Waals surface area contributed by atoms with E-state index in [1.54, 1.807) is 6.20 Å². The highest BCUT2D eigenvalue weighted by Gasteiger charge is 2.13. The van der Waals surface area contributed by atoms with Gasteiger partial charge in [-0.15, -0.1) is 5.10 Å². The molecule has 0 unspecified atom stereocenters. The molecule has 1 aromatic carbocycles. The van der Waals surface area contributed by atoms with Crippen molar-refractivity contribution in [1.82, 2.24) is 20.4 Å². The lowest BCUT2D eigenvalue weighted by Crippen LogP contribution is -2.04. The second-order valence-corrected chi connectivity index (χ2v) is 6.10. The number of aromatic nitrogens is 4. The lowest BCUT2D eigenvalue weighted by atomic mass is 10.0. The fraction of sp³-hybridized carbons (Fsp3) is 0.278. The summed E-state index contributed by atoms with van der Waals surface area (Å²) < 4.78 is 5.71. The van der Waals surface area contributed by atoms with Crippen molar-refractivity contribution in [2.75, 3.05) is 12.3 Å². The molecule has 0 bridgehead atoms. The van der Waals surface area contributed by atoms with Crippen molar-refractivity contribution in [2.24, 2.45) is 5.92 Å². The van der Waals surface area contributed by atoms with Crippen LogP contribution in [0.5, 0.6) is 5.75 Å². The summed E-state index contributed by atoms with van der Waals surface area (Å²) in [6.45, 7) is 4.98. The minimum absolute atomic E-state index is 0.449. The molecule has 0 atom stereocenters. The first-order valence-electron chi connectivity index (χ1n) is 7.96. The molecule has 124 valence electrons. The second-order valence-electron chi connectivity index (χ2n) is 6.10. The molecule has 2 aromatic heterocycles. The Bertz CT molecular complexity index is 795. The molecule has 0 radical (unpaired) electrons. The van der Waals surface area contributed by atoms with Crippen molar-refractivity contribution in [3.63, 3.8) is 0 Å². The molecule has 0 saturated carbocycles. The van der Waals surface area contributed by atoms with Gasteiger partial charge in [-0.25, -0.2) is 4.98 Å². The number of anilines is 1. The van der Waals surface area contributed by atoms with Crippen LogP contribution in [0.15, 0.2) is 42.6 Å². The summed E-state index contributed by atoms with van der Waals surface area (Å²) in [5.74, 6) is 1.84. The molecule has 0 amide bonds. The van der Waals surface area contributed by atoms with E-state index in [0.29, 0.717) is 24.8 Å². The number of hydrogen-bond donors (Lipinski definition) is 2. The van der Waals surface area contributed by atoms with Crippen molar-refractivity contribution in [1.29, 1.82) is 0 Å². The smallest absolute Gasteiger partial charge is 0.132 e. The average Bonchev–Trinajstić information content (AvgIpc) is 3.02. The Morgan fingerprint density at radius 2 is 1.96 bits per heavy atom. The van der Waals surface area contributed by atoms with E-state index in [2.05, 4.69) is 34.2 Å². The monoisotopic (exact) mass is 323 g/mol. The standard InChI is InChI=1S/C18H21N5O/c1-12(2)11-24-14-7-5-13(6-8-14)10-16-17(22-23-21-16)15-4-3-9-20-18(15)19/h3-9,12H,10-11H2,1-2H3,(H2,19,20)(H,21,22,23). The number of rotatable bonds is 6. The Hall–Kier alpha value is -2.89. The van der Waals surface area contributed by atoms with E-state index >= 15 is 0 Å². The summed E-state index contributed by atoms with van der Waals surface area (Å²) in [5.41, 5.74) is 9.52. The van der Waals surface area contributed by atoms with Crippen LogP contribution >= 0.6 is 0 Å². The molecular formula is C18H21N5O. The molecule has 6 nitrogen and oxygen atoms in total. The van der Waals surface area contributed by atoms with Gasteiger partial charge in [0.05, 0.1) is 12.3 Å². The third-order valence-corrected chi connectivity index (χ3v) is 3.60. The van der Waals surface area contributed by atoms with Crippen LogP contribution in [-0.4, -0.2) is 27.0 Å². The quantitative estimate of drug-likeness (QED) is 0.727. The maximum Gasteiger partial charge on any atom is 0.132 e. The van der Waals surface area contributed by atoms with Crippen LogP contribution in [0, 0.1) is 5.92 Å². The van der Waals surface area contributed by atoms with E-state index in [0.717, 1.165) is 28.3 Å². The molecule has 3 aromatic rings. The Morgan fingerprint density at radius 3 is 2.67 bits per heavy atom. The zero-order chi connectivity index (χ0) is 16.9. The summed E-state index contributed by atoms with van der Waals surface area (Å²) >= 11 is 0. The number of H-pyrrole nitrogens is 1. The van der Waals surface area contributed by atoms with E-state index in [4.69, 9.17) is 10.5 Å². The third kappa shape index (κ3) is 3.71. The Kier molecular flexibility index (Phi) is 4.74.